The Balaban J connectivity index is 1.40. The lowest BCUT2D eigenvalue weighted by Gasteiger charge is -2.07. The standard InChI is InChI=1S/C18H18N6O2S/c25-16(19-11-12-20-17(26)14-7-3-1-4-8-14)13-27-18-21-22-23-24(18)15-9-5-2-6-10-15/h1-10H,11-13H2,(H,19,25)(H,20,26). The summed E-state index contributed by atoms with van der Waals surface area (Å²) < 4.78 is 1.58. The number of carbonyl (C=O) groups excluding carboxylic acids is 2. The van der Waals surface area contributed by atoms with Gasteiger partial charge in [-0.15, -0.1) is 5.10 Å². The minimum absolute atomic E-state index is 0.156. The maximum absolute atomic E-state index is 12.0. The van der Waals surface area contributed by atoms with E-state index >= 15 is 0 Å². The average molecular weight is 382 g/mol. The molecule has 8 nitrogen and oxygen atoms in total. The van der Waals surface area contributed by atoms with Crippen molar-refractivity contribution in [3.8, 4) is 5.69 Å². The van der Waals surface area contributed by atoms with Gasteiger partial charge in [-0.2, -0.15) is 4.68 Å². The number of nitrogens with zero attached hydrogens (tertiary/aromatic N) is 4. The predicted molar refractivity (Wildman–Crippen MR) is 102 cm³/mol. The number of para-hydroxylation sites is 1. The summed E-state index contributed by atoms with van der Waals surface area (Å²) in [7, 11) is 0. The van der Waals surface area contributed by atoms with Gasteiger partial charge in [0.1, 0.15) is 0 Å². The Bertz CT molecular complexity index is 885. The number of hydrogen-bond acceptors (Lipinski definition) is 6. The molecule has 0 fully saturated rings. The van der Waals surface area contributed by atoms with Gasteiger partial charge in [-0.1, -0.05) is 48.2 Å². The molecule has 138 valence electrons. The van der Waals surface area contributed by atoms with Crippen molar-refractivity contribution in [2.24, 2.45) is 0 Å². The van der Waals surface area contributed by atoms with Crippen LogP contribution < -0.4 is 10.6 Å². The molecule has 2 aromatic carbocycles. The molecule has 0 aliphatic rings. The van der Waals surface area contributed by atoms with E-state index in [2.05, 4.69) is 26.2 Å². The molecule has 0 unspecified atom stereocenters. The van der Waals surface area contributed by atoms with Gasteiger partial charge in [0.2, 0.25) is 11.1 Å². The van der Waals surface area contributed by atoms with E-state index in [1.807, 2.05) is 36.4 Å². The Labute approximate surface area is 160 Å². The van der Waals surface area contributed by atoms with Crippen LogP contribution >= 0.6 is 11.8 Å². The van der Waals surface area contributed by atoms with Crippen LogP contribution in [0.2, 0.25) is 0 Å². The summed E-state index contributed by atoms with van der Waals surface area (Å²) in [5, 5.41) is 17.6. The van der Waals surface area contributed by atoms with Crippen molar-refractivity contribution < 1.29 is 9.59 Å². The van der Waals surface area contributed by atoms with Crippen LogP contribution in [0, 0.1) is 0 Å². The second-order valence-corrected chi connectivity index (χ2v) is 6.41. The molecule has 1 aromatic heterocycles. The topological polar surface area (TPSA) is 102 Å². The number of rotatable bonds is 8. The van der Waals surface area contributed by atoms with Crippen molar-refractivity contribution >= 4 is 23.6 Å². The molecule has 27 heavy (non-hydrogen) atoms. The van der Waals surface area contributed by atoms with Crippen LogP contribution in [0.15, 0.2) is 65.8 Å². The highest BCUT2D eigenvalue weighted by Gasteiger charge is 2.11. The molecule has 2 N–H and O–H groups in total. The summed E-state index contributed by atoms with van der Waals surface area (Å²) >= 11 is 1.25. The molecule has 0 spiro atoms. The van der Waals surface area contributed by atoms with Crippen LogP contribution in [-0.4, -0.2) is 50.9 Å². The fourth-order valence-electron chi connectivity index (χ4n) is 2.25. The van der Waals surface area contributed by atoms with E-state index in [4.69, 9.17) is 0 Å². The molecule has 3 aromatic rings. The first-order chi connectivity index (χ1) is 13.2. The van der Waals surface area contributed by atoms with E-state index in [1.54, 1.807) is 28.9 Å². The van der Waals surface area contributed by atoms with Gasteiger partial charge < -0.3 is 10.6 Å². The van der Waals surface area contributed by atoms with E-state index in [9.17, 15) is 9.59 Å². The Morgan fingerprint density at radius 3 is 2.33 bits per heavy atom. The van der Waals surface area contributed by atoms with Crippen molar-refractivity contribution in [2.45, 2.75) is 5.16 Å². The monoisotopic (exact) mass is 382 g/mol. The zero-order valence-electron chi connectivity index (χ0n) is 14.4. The van der Waals surface area contributed by atoms with E-state index in [0.717, 1.165) is 5.69 Å². The lowest BCUT2D eigenvalue weighted by molar-refractivity contribution is -0.118. The molecule has 0 radical (unpaired) electrons. The van der Waals surface area contributed by atoms with Crippen molar-refractivity contribution in [1.29, 1.82) is 0 Å². The van der Waals surface area contributed by atoms with Crippen LogP contribution in [-0.2, 0) is 4.79 Å². The first-order valence-corrected chi connectivity index (χ1v) is 9.29. The molecule has 0 saturated heterocycles. The SMILES string of the molecule is O=C(CSc1nnnn1-c1ccccc1)NCCNC(=O)c1ccccc1. The Morgan fingerprint density at radius 1 is 0.926 bits per heavy atom. The number of hydrogen-bond donors (Lipinski definition) is 2. The van der Waals surface area contributed by atoms with Crippen LogP contribution in [0.4, 0.5) is 0 Å². The van der Waals surface area contributed by atoms with Gasteiger partial charge in [0.05, 0.1) is 11.4 Å². The van der Waals surface area contributed by atoms with Crippen LogP contribution in [0.1, 0.15) is 10.4 Å². The van der Waals surface area contributed by atoms with Crippen molar-refractivity contribution in [1.82, 2.24) is 30.8 Å². The number of amides is 2. The average Bonchev–Trinajstić information content (AvgIpc) is 3.19. The van der Waals surface area contributed by atoms with Gasteiger partial charge in [0.25, 0.3) is 5.91 Å². The van der Waals surface area contributed by atoms with Crippen molar-refractivity contribution in [3.05, 3.63) is 66.2 Å². The summed E-state index contributed by atoms with van der Waals surface area (Å²) in [5.74, 6) is -0.141. The number of thioether (sulfide) groups is 1. The molecule has 1 heterocycles. The van der Waals surface area contributed by atoms with Gasteiger partial charge in [0.15, 0.2) is 0 Å². The summed E-state index contributed by atoms with van der Waals surface area (Å²) in [6.45, 7) is 0.702. The van der Waals surface area contributed by atoms with E-state index in [-0.39, 0.29) is 17.6 Å². The molecule has 0 aliphatic heterocycles. The summed E-state index contributed by atoms with van der Waals surface area (Å²) in [5.41, 5.74) is 1.42. The first kappa shape index (κ1) is 18.6. The third-order valence-electron chi connectivity index (χ3n) is 3.54. The third-order valence-corrected chi connectivity index (χ3v) is 4.46. The number of tetrazole rings is 1. The van der Waals surface area contributed by atoms with E-state index in [1.165, 1.54) is 11.8 Å². The summed E-state index contributed by atoms with van der Waals surface area (Å²) in [6.07, 6.45) is 0. The van der Waals surface area contributed by atoms with Gasteiger partial charge >= 0.3 is 0 Å². The largest absolute Gasteiger partial charge is 0.354 e. The number of aromatic nitrogens is 4. The molecular weight excluding hydrogens is 364 g/mol. The van der Waals surface area contributed by atoms with E-state index < -0.39 is 0 Å². The second kappa shape index (κ2) is 9.48. The summed E-state index contributed by atoms with van der Waals surface area (Å²) in [4.78, 5) is 23.9. The van der Waals surface area contributed by atoms with Crippen LogP contribution in [0.25, 0.3) is 5.69 Å². The van der Waals surface area contributed by atoms with Crippen LogP contribution in [0.5, 0.6) is 0 Å². The van der Waals surface area contributed by atoms with Gasteiger partial charge in [-0.3, -0.25) is 9.59 Å². The highest BCUT2D eigenvalue weighted by atomic mass is 32.2. The number of nitrogens with one attached hydrogen (secondary N) is 2. The van der Waals surface area contributed by atoms with Gasteiger partial charge in [-0.05, 0) is 34.7 Å². The summed E-state index contributed by atoms with van der Waals surface area (Å²) in [6, 6.07) is 18.4. The van der Waals surface area contributed by atoms with Crippen molar-refractivity contribution in [3.63, 3.8) is 0 Å². The molecule has 9 heteroatoms. The van der Waals surface area contributed by atoms with E-state index in [0.29, 0.717) is 23.8 Å². The van der Waals surface area contributed by atoms with Crippen LogP contribution in [0.3, 0.4) is 0 Å². The predicted octanol–water partition coefficient (Wildman–Crippen LogP) is 1.30. The Morgan fingerprint density at radius 2 is 1.59 bits per heavy atom. The maximum Gasteiger partial charge on any atom is 0.251 e. The fraction of sp³-hybridized carbons (Fsp3) is 0.167. The zero-order chi connectivity index (χ0) is 18.9. The molecule has 0 bridgehead atoms. The molecular formula is C18H18N6O2S. The lowest BCUT2D eigenvalue weighted by atomic mass is 10.2. The van der Waals surface area contributed by atoms with Gasteiger partial charge in [-0.25, -0.2) is 0 Å². The normalized spacial score (nSPS) is 10.4. The number of carbonyl (C=O) groups is 2. The first-order valence-electron chi connectivity index (χ1n) is 8.30. The fourth-order valence-corrected chi connectivity index (χ4v) is 2.97. The molecule has 0 atom stereocenters. The van der Waals surface area contributed by atoms with Crippen molar-refractivity contribution in [2.75, 3.05) is 18.8 Å². The zero-order valence-corrected chi connectivity index (χ0v) is 15.2. The Kier molecular flexibility index (Phi) is 6.53. The molecule has 0 saturated carbocycles. The molecule has 2 amide bonds. The minimum Gasteiger partial charge on any atom is -0.354 e. The second-order valence-electron chi connectivity index (χ2n) is 5.47. The quantitative estimate of drug-likeness (QED) is 0.450. The molecule has 0 aliphatic carbocycles. The number of benzene rings is 2. The Hall–Kier alpha value is -3.20. The highest BCUT2D eigenvalue weighted by molar-refractivity contribution is 7.99. The smallest absolute Gasteiger partial charge is 0.251 e. The highest BCUT2D eigenvalue weighted by Crippen LogP contribution is 2.17. The minimum atomic E-state index is -0.165. The third kappa shape index (κ3) is 5.38. The lowest BCUT2D eigenvalue weighted by Crippen LogP contribution is -2.35. The maximum atomic E-state index is 12.0. The van der Waals surface area contributed by atoms with Gasteiger partial charge in [0, 0.05) is 18.7 Å². The molecule has 3 rings (SSSR count).